The van der Waals surface area contributed by atoms with E-state index in [9.17, 15) is 14.4 Å². The quantitative estimate of drug-likeness (QED) is 0.804. The van der Waals surface area contributed by atoms with Crippen molar-refractivity contribution in [2.45, 2.75) is 26.7 Å². The second kappa shape index (κ2) is 6.14. The third-order valence-electron chi connectivity index (χ3n) is 4.65. The predicted molar refractivity (Wildman–Crippen MR) is 86.0 cm³/mol. The number of carbonyl (C=O) groups excluding carboxylic acids is 3. The number of hydrogen-bond donors (Lipinski definition) is 0. The molecule has 2 heterocycles. The van der Waals surface area contributed by atoms with E-state index in [4.69, 9.17) is 0 Å². The Morgan fingerprint density at radius 3 is 2.09 bits per heavy atom. The molecule has 1 saturated heterocycles. The van der Waals surface area contributed by atoms with E-state index in [-0.39, 0.29) is 30.7 Å². The minimum Gasteiger partial charge on any atom is -0.342 e. The van der Waals surface area contributed by atoms with Crippen LogP contribution in [-0.2, 0) is 4.79 Å². The standard InChI is InChI=1S/C18H22N2O3/c1-12-9-13(2)11-19(10-12)16(21)7-8-20-17(22)14-5-3-4-6-15(14)18(20)23/h3-6,12-13H,7-11H2,1-2H3/t12-,13-/m1/s1. The molecule has 0 aromatic heterocycles. The Morgan fingerprint density at radius 1 is 1.04 bits per heavy atom. The van der Waals surface area contributed by atoms with Gasteiger partial charge in [0.25, 0.3) is 11.8 Å². The van der Waals surface area contributed by atoms with E-state index < -0.39 is 0 Å². The van der Waals surface area contributed by atoms with Crippen LogP contribution in [0.3, 0.4) is 0 Å². The molecule has 0 aliphatic carbocycles. The molecule has 0 N–H and O–H groups in total. The number of fused-ring (bicyclic) bond motifs is 1. The van der Waals surface area contributed by atoms with E-state index in [1.807, 2.05) is 4.90 Å². The van der Waals surface area contributed by atoms with Crippen molar-refractivity contribution in [2.24, 2.45) is 11.8 Å². The Labute approximate surface area is 136 Å². The van der Waals surface area contributed by atoms with Gasteiger partial charge in [-0.3, -0.25) is 19.3 Å². The van der Waals surface area contributed by atoms with Crippen LogP contribution >= 0.6 is 0 Å². The van der Waals surface area contributed by atoms with Gasteiger partial charge in [-0.25, -0.2) is 0 Å². The largest absolute Gasteiger partial charge is 0.342 e. The highest BCUT2D eigenvalue weighted by atomic mass is 16.2. The zero-order valence-corrected chi connectivity index (χ0v) is 13.6. The predicted octanol–water partition coefficient (Wildman–Crippen LogP) is 2.18. The van der Waals surface area contributed by atoms with E-state index in [1.165, 1.54) is 4.90 Å². The van der Waals surface area contributed by atoms with Crippen LogP contribution in [0.5, 0.6) is 0 Å². The number of carbonyl (C=O) groups is 3. The summed E-state index contributed by atoms with van der Waals surface area (Å²) in [5, 5.41) is 0. The van der Waals surface area contributed by atoms with Crippen molar-refractivity contribution < 1.29 is 14.4 Å². The number of likely N-dealkylation sites (tertiary alicyclic amines) is 1. The van der Waals surface area contributed by atoms with Gasteiger partial charge in [-0.1, -0.05) is 26.0 Å². The lowest BCUT2D eigenvalue weighted by Gasteiger charge is -2.35. The van der Waals surface area contributed by atoms with E-state index in [0.717, 1.165) is 19.5 Å². The van der Waals surface area contributed by atoms with E-state index in [2.05, 4.69) is 13.8 Å². The van der Waals surface area contributed by atoms with Gasteiger partial charge in [0, 0.05) is 26.1 Å². The summed E-state index contributed by atoms with van der Waals surface area (Å²) in [4.78, 5) is 40.0. The summed E-state index contributed by atoms with van der Waals surface area (Å²) < 4.78 is 0. The molecule has 2 aliphatic heterocycles. The van der Waals surface area contributed by atoms with Gasteiger partial charge in [0.2, 0.25) is 5.91 Å². The smallest absolute Gasteiger partial charge is 0.261 e. The van der Waals surface area contributed by atoms with Crippen molar-refractivity contribution in [3.63, 3.8) is 0 Å². The SMILES string of the molecule is C[C@@H]1C[C@@H](C)CN(C(=O)CCN2C(=O)c3ccccc3C2=O)C1. The first kappa shape index (κ1) is 15.7. The van der Waals surface area contributed by atoms with Gasteiger partial charge >= 0.3 is 0 Å². The van der Waals surface area contributed by atoms with E-state index >= 15 is 0 Å². The van der Waals surface area contributed by atoms with Gasteiger partial charge in [0.1, 0.15) is 0 Å². The lowest BCUT2D eigenvalue weighted by atomic mass is 9.92. The van der Waals surface area contributed by atoms with Gasteiger partial charge in [-0.2, -0.15) is 0 Å². The number of piperidine rings is 1. The lowest BCUT2D eigenvalue weighted by Crippen LogP contribution is -2.44. The average Bonchev–Trinajstić information content (AvgIpc) is 2.76. The Morgan fingerprint density at radius 2 is 1.57 bits per heavy atom. The molecule has 3 rings (SSSR count). The van der Waals surface area contributed by atoms with Crippen LogP contribution in [0.25, 0.3) is 0 Å². The highest BCUT2D eigenvalue weighted by molar-refractivity contribution is 6.21. The second-order valence-electron chi connectivity index (χ2n) is 6.80. The number of imide groups is 1. The molecular weight excluding hydrogens is 292 g/mol. The van der Waals surface area contributed by atoms with Gasteiger partial charge < -0.3 is 4.90 Å². The maximum Gasteiger partial charge on any atom is 0.261 e. The third kappa shape index (κ3) is 3.00. The Bertz CT molecular complexity index is 610. The number of rotatable bonds is 3. The van der Waals surface area contributed by atoms with Crippen LogP contribution in [0.1, 0.15) is 47.4 Å². The van der Waals surface area contributed by atoms with Crippen LogP contribution in [-0.4, -0.2) is 47.2 Å². The van der Waals surface area contributed by atoms with E-state index in [1.54, 1.807) is 24.3 Å². The topological polar surface area (TPSA) is 57.7 Å². The molecule has 0 radical (unpaired) electrons. The molecule has 5 heteroatoms. The van der Waals surface area contributed by atoms with Crippen LogP contribution in [0, 0.1) is 11.8 Å². The minimum atomic E-state index is -0.293. The molecule has 3 amide bonds. The Hall–Kier alpha value is -2.17. The summed E-state index contributed by atoms with van der Waals surface area (Å²) in [6, 6.07) is 6.81. The zero-order chi connectivity index (χ0) is 16.6. The maximum atomic E-state index is 12.4. The summed E-state index contributed by atoms with van der Waals surface area (Å²) in [6.45, 7) is 6.00. The van der Waals surface area contributed by atoms with Crippen molar-refractivity contribution in [2.75, 3.05) is 19.6 Å². The first-order valence-corrected chi connectivity index (χ1v) is 8.20. The zero-order valence-electron chi connectivity index (χ0n) is 13.6. The van der Waals surface area contributed by atoms with Crippen molar-refractivity contribution in [3.8, 4) is 0 Å². The summed E-state index contributed by atoms with van der Waals surface area (Å²) in [7, 11) is 0. The third-order valence-corrected chi connectivity index (χ3v) is 4.65. The number of hydrogen-bond acceptors (Lipinski definition) is 3. The van der Waals surface area contributed by atoms with Crippen LogP contribution in [0.2, 0.25) is 0 Å². The second-order valence-corrected chi connectivity index (χ2v) is 6.80. The summed E-state index contributed by atoms with van der Waals surface area (Å²) >= 11 is 0. The monoisotopic (exact) mass is 314 g/mol. The fourth-order valence-corrected chi connectivity index (χ4v) is 3.67. The minimum absolute atomic E-state index is 0.0277. The van der Waals surface area contributed by atoms with Gasteiger partial charge in [0.05, 0.1) is 11.1 Å². The van der Waals surface area contributed by atoms with Crippen LogP contribution in [0.15, 0.2) is 24.3 Å². The molecule has 0 bridgehead atoms. The van der Waals surface area contributed by atoms with Crippen molar-refractivity contribution in [1.29, 1.82) is 0 Å². The Kier molecular flexibility index (Phi) is 4.20. The Balaban J connectivity index is 1.62. The van der Waals surface area contributed by atoms with E-state index in [0.29, 0.717) is 23.0 Å². The fraction of sp³-hybridized carbons (Fsp3) is 0.500. The molecule has 1 aromatic rings. The lowest BCUT2D eigenvalue weighted by molar-refractivity contribution is -0.133. The molecule has 1 fully saturated rings. The molecule has 0 saturated carbocycles. The van der Waals surface area contributed by atoms with Gasteiger partial charge in [-0.15, -0.1) is 0 Å². The maximum absolute atomic E-state index is 12.4. The van der Waals surface area contributed by atoms with Crippen LogP contribution in [0.4, 0.5) is 0 Å². The molecule has 23 heavy (non-hydrogen) atoms. The first-order valence-electron chi connectivity index (χ1n) is 8.20. The van der Waals surface area contributed by atoms with Gasteiger partial charge in [-0.05, 0) is 30.4 Å². The highest BCUT2D eigenvalue weighted by Gasteiger charge is 2.35. The number of benzene rings is 1. The number of amides is 3. The highest BCUT2D eigenvalue weighted by Crippen LogP contribution is 2.24. The molecule has 2 aliphatic rings. The average molecular weight is 314 g/mol. The molecule has 1 aromatic carbocycles. The van der Waals surface area contributed by atoms with Crippen molar-refractivity contribution >= 4 is 17.7 Å². The van der Waals surface area contributed by atoms with Crippen molar-refractivity contribution in [1.82, 2.24) is 9.80 Å². The molecule has 122 valence electrons. The first-order chi connectivity index (χ1) is 11.0. The fourth-order valence-electron chi connectivity index (χ4n) is 3.67. The molecule has 2 atom stereocenters. The summed E-state index contributed by atoms with van der Waals surface area (Å²) in [5.41, 5.74) is 0.871. The summed E-state index contributed by atoms with van der Waals surface area (Å²) in [5.74, 6) is 0.446. The molecule has 5 nitrogen and oxygen atoms in total. The molecular formula is C18H22N2O3. The number of nitrogens with zero attached hydrogens (tertiary/aromatic N) is 2. The summed E-state index contributed by atoms with van der Waals surface area (Å²) in [6.07, 6.45) is 1.34. The normalized spacial score (nSPS) is 24.1. The van der Waals surface area contributed by atoms with Crippen molar-refractivity contribution in [3.05, 3.63) is 35.4 Å². The van der Waals surface area contributed by atoms with Gasteiger partial charge in [0.15, 0.2) is 0 Å². The molecule has 0 spiro atoms. The molecule has 0 unspecified atom stereocenters. The van der Waals surface area contributed by atoms with Crippen LogP contribution < -0.4 is 0 Å².